The molecule has 2 aromatic carbocycles. The third kappa shape index (κ3) is 6.60. The first kappa shape index (κ1) is 24.8. The molecule has 34 heavy (non-hydrogen) atoms. The number of nitro groups is 1. The van der Waals surface area contributed by atoms with Crippen molar-refractivity contribution in [3.8, 4) is 17.2 Å². The van der Waals surface area contributed by atoms with Crippen molar-refractivity contribution in [2.24, 2.45) is 0 Å². The molecular formula is C24H29N3O7. The highest BCUT2D eigenvalue weighted by molar-refractivity contribution is 5.98. The zero-order valence-electron chi connectivity index (χ0n) is 19.7. The van der Waals surface area contributed by atoms with Gasteiger partial charge in [0.15, 0.2) is 0 Å². The van der Waals surface area contributed by atoms with Crippen molar-refractivity contribution in [2.45, 2.75) is 45.3 Å². The molecule has 1 N–H and O–H groups in total. The molecule has 0 saturated carbocycles. The van der Waals surface area contributed by atoms with Crippen LogP contribution in [0.2, 0.25) is 0 Å². The molecule has 0 atom stereocenters. The van der Waals surface area contributed by atoms with Crippen LogP contribution in [0.5, 0.6) is 17.2 Å². The standard InChI is InChI=1S/C24H29N3O7/c1-24(2,3)34-23(29)26-13-11-16(12-14-26)25-22(28)20-15-17(27(30)31)5-10-21(20)33-19-8-6-18(32-4)7-9-19/h5-10,15-16H,11-14H2,1-4H3,(H,25,28). The molecule has 0 aromatic heterocycles. The number of benzene rings is 2. The highest BCUT2D eigenvalue weighted by Gasteiger charge is 2.28. The van der Waals surface area contributed by atoms with Crippen LogP contribution < -0.4 is 14.8 Å². The molecule has 2 amide bonds. The molecule has 1 aliphatic rings. The van der Waals surface area contributed by atoms with Crippen molar-refractivity contribution in [3.05, 3.63) is 58.1 Å². The Labute approximate surface area is 197 Å². The van der Waals surface area contributed by atoms with Crippen molar-refractivity contribution in [3.63, 3.8) is 0 Å². The molecule has 1 fully saturated rings. The van der Waals surface area contributed by atoms with Crippen LogP contribution in [0.3, 0.4) is 0 Å². The first-order valence-electron chi connectivity index (χ1n) is 10.9. The van der Waals surface area contributed by atoms with Crippen LogP contribution in [0.15, 0.2) is 42.5 Å². The van der Waals surface area contributed by atoms with Gasteiger partial charge >= 0.3 is 6.09 Å². The van der Waals surface area contributed by atoms with Gasteiger partial charge in [-0.05, 0) is 63.9 Å². The molecule has 182 valence electrons. The Bertz CT molecular complexity index is 1040. The maximum atomic E-state index is 13.1. The van der Waals surface area contributed by atoms with E-state index in [9.17, 15) is 19.7 Å². The highest BCUT2D eigenvalue weighted by atomic mass is 16.6. The monoisotopic (exact) mass is 471 g/mol. The van der Waals surface area contributed by atoms with Crippen LogP contribution >= 0.6 is 0 Å². The number of non-ortho nitro benzene ring substituents is 1. The fraction of sp³-hybridized carbons (Fsp3) is 0.417. The first-order valence-corrected chi connectivity index (χ1v) is 10.9. The first-order chi connectivity index (χ1) is 16.1. The molecule has 3 rings (SSSR count). The van der Waals surface area contributed by atoms with Crippen LogP contribution in [0.4, 0.5) is 10.5 Å². The number of nitrogens with zero attached hydrogens (tertiary/aromatic N) is 2. The van der Waals surface area contributed by atoms with Crippen molar-refractivity contribution in [2.75, 3.05) is 20.2 Å². The predicted molar refractivity (Wildman–Crippen MR) is 124 cm³/mol. The third-order valence-electron chi connectivity index (χ3n) is 5.19. The van der Waals surface area contributed by atoms with E-state index in [0.717, 1.165) is 0 Å². The predicted octanol–water partition coefficient (Wildman–Crippen LogP) is 4.53. The van der Waals surface area contributed by atoms with Crippen LogP contribution in [-0.4, -0.2) is 53.7 Å². The summed E-state index contributed by atoms with van der Waals surface area (Å²) in [4.78, 5) is 37.6. The summed E-state index contributed by atoms with van der Waals surface area (Å²) < 4.78 is 16.4. The second kappa shape index (κ2) is 10.4. The number of methoxy groups -OCH3 is 1. The van der Waals surface area contributed by atoms with E-state index in [1.54, 1.807) is 36.3 Å². The number of carbonyl (C=O) groups is 2. The molecule has 0 aliphatic carbocycles. The molecule has 0 spiro atoms. The number of rotatable bonds is 6. The van der Waals surface area contributed by atoms with Gasteiger partial charge < -0.3 is 24.4 Å². The van der Waals surface area contributed by atoms with Gasteiger partial charge in [0.1, 0.15) is 22.8 Å². The highest BCUT2D eigenvalue weighted by Crippen LogP contribution is 2.30. The van der Waals surface area contributed by atoms with Gasteiger partial charge in [-0.2, -0.15) is 0 Å². The molecule has 1 aliphatic heterocycles. The summed E-state index contributed by atoms with van der Waals surface area (Å²) in [7, 11) is 1.55. The smallest absolute Gasteiger partial charge is 0.410 e. The number of nitrogens with one attached hydrogen (secondary N) is 1. The van der Waals surface area contributed by atoms with Gasteiger partial charge in [0.05, 0.1) is 17.6 Å². The van der Waals surface area contributed by atoms with Gasteiger partial charge in [0, 0.05) is 31.3 Å². The Kier molecular flexibility index (Phi) is 7.60. The minimum Gasteiger partial charge on any atom is -0.497 e. The van der Waals surface area contributed by atoms with Crippen LogP contribution in [0, 0.1) is 10.1 Å². The van der Waals surface area contributed by atoms with Crippen molar-refractivity contribution in [1.29, 1.82) is 0 Å². The van der Waals surface area contributed by atoms with E-state index in [1.807, 2.05) is 20.8 Å². The Morgan fingerprint density at radius 2 is 1.68 bits per heavy atom. The van der Waals surface area contributed by atoms with Gasteiger partial charge in [0.25, 0.3) is 11.6 Å². The molecule has 2 aromatic rings. The van der Waals surface area contributed by atoms with Gasteiger partial charge in [-0.25, -0.2) is 4.79 Å². The molecule has 1 heterocycles. The average molecular weight is 472 g/mol. The topological polar surface area (TPSA) is 120 Å². The number of carbonyl (C=O) groups excluding carboxylic acids is 2. The Morgan fingerprint density at radius 1 is 1.06 bits per heavy atom. The number of likely N-dealkylation sites (tertiary alicyclic amines) is 1. The summed E-state index contributed by atoms with van der Waals surface area (Å²) in [6, 6.07) is 10.5. The number of hydrogen-bond acceptors (Lipinski definition) is 7. The zero-order chi connectivity index (χ0) is 24.9. The van der Waals surface area contributed by atoms with Crippen molar-refractivity contribution >= 4 is 17.7 Å². The number of nitro benzene ring substituents is 1. The molecule has 10 heteroatoms. The molecule has 0 radical (unpaired) electrons. The van der Waals surface area contributed by atoms with E-state index in [2.05, 4.69) is 5.32 Å². The average Bonchev–Trinajstić information content (AvgIpc) is 2.79. The van der Waals surface area contributed by atoms with Crippen LogP contribution in [-0.2, 0) is 4.74 Å². The number of hydrogen-bond donors (Lipinski definition) is 1. The lowest BCUT2D eigenvalue weighted by Gasteiger charge is -2.33. The number of piperidine rings is 1. The van der Waals surface area contributed by atoms with E-state index >= 15 is 0 Å². The van der Waals surface area contributed by atoms with Gasteiger partial charge in [-0.15, -0.1) is 0 Å². The van der Waals surface area contributed by atoms with E-state index in [1.165, 1.54) is 18.2 Å². The van der Waals surface area contributed by atoms with E-state index in [4.69, 9.17) is 14.2 Å². The van der Waals surface area contributed by atoms with Crippen LogP contribution in [0.25, 0.3) is 0 Å². The van der Waals surface area contributed by atoms with Gasteiger partial charge in [-0.1, -0.05) is 0 Å². The minimum absolute atomic E-state index is 0.0552. The normalized spacial score (nSPS) is 14.3. The van der Waals surface area contributed by atoms with E-state index < -0.39 is 16.4 Å². The molecule has 0 unspecified atom stereocenters. The summed E-state index contributed by atoms with van der Waals surface area (Å²) in [5.74, 6) is 0.809. The second-order valence-corrected chi connectivity index (χ2v) is 8.93. The zero-order valence-corrected chi connectivity index (χ0v) is 19.7. The minimum atomic E-state index is -0.579. The molecule has 10 nitrogen and oxygen atoms in total. The van der Waals surface area contributed by atoms with Crippen molar-refractivity contribution < 1.29 is 28.7 Å². The Balaban J connectivity index is 1.70. The molecular weight excluding hydrogens is 442 g/mol. The summed E-state index contributed by atoms with van der Waals surface area (Å²) >= 11 is 0. The fourth-order valence-electron chi connectivity index (χ4n) is 3.46. The lowest BCUT2D eigenvalue weighted by atomic mass is 10.0. The van der Waals surface area contributed by atoms with Gasteiger partial charge in [-0.3, -0.25) is 14.9 Å². The lowest BCUT2D eigenvalue weighted by molar-refractivity contribution is -0.384. The fourth-order valence-corrected chi connectivity index (χ4v) is 3.46. The van der Waals surface area contributed by atoms with Gasteiger partial charge in [0.2, 0.25) is 0 Å². The molecule has 0 bridgehead atoms. The largest absolute Gasteiger partial charge is 0.497 e. The SMILES string of the molecule is COc1ccc(Oc2ccc([N+](=O)[O-])cc2C(=O)NC2CCN(C(=O)OC(C)(C)C)CC2)cc1. The van der Waals surface area contributed by atoms with E-state index in [0.29, 0.717) is 37.4 Å². The number of amides is 2. The van der Waals surface area contributed by atoms with E-state index in [-0.39, 0.29) is 29.1 Å². The number of ether oxygens (including phenoxy) is 3. The summed E-state index contributed by atoms with van der Waals surface area (Å²) in [5.41, 5.74) is -0.739. The second-order valence-electron chi connectivity index (χ2n) is 8.93. The van der Waals surface area contributed by atoms with Crippen LogP contribution in [0.1, 0.15) is 44.0 Å². The lowest BCUT2D eigenvalue weighted by Crippen LogP contribution is -2.47. The van der Waals surface area contributed by atoms with Crippen molar-refractivity contribution in [1.82, 2.24) is 10.2 Å². The quantitative estimate of drug-likeness (QED) is 0.485. The summed E-state index contributed by atoms with van der Waals surface area (Å²) in [6.45, 7) is 6.29. The Hall–Kier alpha value is -3.82. The third-order valence-corrected chi connectivity index (χ3v) is 5.19. The maximum Gasteiger partial charge on any atom is 0.410 e. The summed E-state index contributed by atoms with van der Waals surface area (Å²) in [6.07, 6.45) is 0.689. The Morgan fingerprint density at radius 3 is 2.24 bits per heavy atom. The maximum absolute atomic E-state index is 13.1. The summed E-state index contributed by atoms with van der Waals surface area (Å²) in [5, 5.41) is 14.2. The molecule has 1 saturated heterocycles.